The van der Waals surface area contributed by atoms with Gasteiger partial charge in [-0.05, 0) is 43.0 Å². The van der Waals surface area contributed by atoms with Gasteiger partial charge in [0.2, 0.25) is 0 Å². The minimum atomic E-state index is -2.90. The Morgan fingerprint density at radius 2 is 2.15 bits per heavy atom. The van der Waals surface area contributed by atoms with E-state index < -0.39 is 9.84 Å². The van der Waals surface area contributed by atoms with Crippen LogP contribution in [0.3, 0.4) is 0 Å². The molecule has 0 unspecified atom stereocenters. The van der Waals surface area contributed by atoms with Crippen molar-refractivity contribution in [2.45, 2.75) is 31.8 Å². The molecule has 0 aliphatic heterocycles. The molecule has 1 aliphatic carbocycles. The average Bonchev–Trinajstić information content (AvgIpc) is 3.17. The fourth-order valence-electron chi connectivity index (χ4n) is 1.83. The lowest BCUT2D eigenvalue weighted by Gasteiger charge is -2.10. The van der Waals surface area contributed by atoms with E-state index in [0.717, 1.165) is 22.3 Å². The Bertz CT molecular complexity index is 556. The van der Waals surface area contributed by atoms with Crippen molar-refractivity contribution in [2.24, 2.45) is 0 Å². The van der Waals surface area contributed by atoms with Crippen LogP contribution in [0.25, 0.3) is 0 Å². The topological polar surface area (TPSA) is 55.4 Å². The van der Waals surface area contributed by atoms with Crippen molar-refractivity contribution in [3.05, 3.63) is 28.2 Å². The van der Waals surface area contributed by atoms with Crippen molar-refractivity contribution in [2.75, 3.05) is 18.6 Å². The van der Waals surface area contributed by atoms with Crippen molar-refractivity contribution in [1.82, 2.24) is 5.32 Å². The molecule has 1 saturated carbocycles. The quantitative estimate of drug-likeness (QED) is 0.722. The van der Waals surface area contributed by atoms with Gasteiger partial charge in [-0.25, -0.2) is 8.42 Å². The molecule has 4 nitrogen and oxygen atoms in total. The predicted molar refractivity (Wildman–Crippen MR) is 83.8 cm³/mol. The summed E-state index contributed by atoms with van der Waals surface area (Å²) in [4.78, 5) is 0. The Balaban J connectivity index is 1.82. The zero-order chi connectivity index (χ0) is 14.6. The van der Waals surface area contributed by atoms with E-state index in [2.05, 4.69) is 21.2 Å². The van der Waals surface area contributed by atoms with Crippen LogP contribution in [0.2, 0.25) is 0 Å². The first kappa shape index (κ1) is 15.8. The van der Waals surface area contributed by atoms with Crippen LogP contribution in [0.1, 0.15) is 24.8 Å². The number of benzene rings is 1. The molecule has 0 saturated heterocycles. The van der Waals surface area contributed by atoms with Crippen LogP contribution in [0.4, 0.5) is 0 Å². The highest BCUT2D eigenvalue weighted by atomic mass is 79.9. The number of hydrogen-bond acceptors (Lipinski definition) is 4. The summed E-state index contributed by atoms with van der Waals surface area (Å²) in [5, 5.41) is 3.46. The van der Waals surface area contributed by atoms with E-state index in [1.54, 1.807) is 0 Å². The van der Waals surface area contributed by atoms with Gasteiger partial charge in [-0.2, -0.15) is 0 Å². The minimum Gasteiger partial charge on any atom is -0.494 e. The first-order valence-corrected chi connectivity index (χ1v) is 9.62. The summed E-state index contributed by atoms with van der Waals surface area (Å²) < 4.78 is 28.7. The SMILES string of the molecule is CS(=O)(=O)CCCOc1ccc(Br)c(CNC2CC2)c1. The van der Waals surface area contributed by atoms with Gasteiger partial charge in [0.05, 0.1) is 12.4 Å². The Labute approximate surface area is 129 Å². The summed E-state index contributed by atoms with van der Waals surface area (Å²) in [6, 6.07) is 6.53. The number of hydrogen-bond donors (Lipinski definition) is 1. The Morgan fingerprint density at radius 3 is 2.80 bits per heavy atom. The van der Waals surface area contributed by atoms with E-state index in [-0.39, 0.29) is 5.75 Å². The summed E-state index contributed by atoms with van der Waals surface area (Å²) in [7, 11) is -2.90. The van der Waals surface area contributed by atoms with Gasteiger partial charge in [-0.3, -0.25) is 0 Å². The zero-order valence-corrected chi connectivity index (χ0v) is 14.0. The van der Waals surface area contributed by atoms with Gasteiger partial charge in [0.1, 0.15) is 15.6 Å². The van der Waals surface area contributed by atoms with Crippen LogP contribution in [0.15, 0.2) is 22.7 Å². The molecule has 1 aromatic rings. The van der Waals surface area contributed by atoms with Gasteiger partial charge in [0.25, 0.3) is 0 Å². The fourth-order valence-corrected chi connectivity index (χ4v) is 2.86. The number of halogens is 1. The standard InChI is InChI=1S/C14H20BrNO3S/c1-20(17,18)8-2-7-19-13-5-6-14(15)11(9-13)10-16-12-3-4-12/h5-6,9,12,16H,2-4,7-8,10H2,1H3. The van der Waals surface area contributed by atoms with Crippen molar-refractivity contribution in [1.29, 1.82) is 0 Å². The van der Waals surface area contributed by atoms with Gasteiger partial charge in [-0.15, -0.1) is 0 Å². The molecule has 1 fully saturated rings. The highest BCUT2D eigenvalue weighted by Gasteiger charge is 2.20. The molecule has 0 atom stereocenters. The summed E-state index contributed by atoms with van der Waals surface area (Å²) in [5.74, 6) is 0.953. The fraction of sp³-hybridized carbons (Fsp3) is 0.571. The lowest BCUT2D eigenvalue weighted by Crippen LogP contribution is -2.15. The number of nitrogens with one attached hydrogen (secondary N) is 1. The molecule has 6 heteroatoms. The van der Waals surface area contributed by atoms with Gasteiger partial charge >= 0.3 is 0 Å². The van der Waals surface area contributed by atoms with Crippen LogP contribution >= 0.6 is 15.9 Å². The molecule has 1 aromatic carbocycles. The highest BCUT2D eigenvalue weighted by Crippen LogP contribution is 2.25. The summed E-state index contributed by atoms with van der Waals surface area (Å²) in [6.07, 6.45) is 4.29. The Morgan fingerprint density at radius 1 is 1.40 bits per heavy atom. The molecule has 1 aliphatic rings. The third-order valence-corrected chi connectivity index (χ3v) is 4.91. The first-order chi connectivity index (χ1) is 9.44. The second-order valence-electron chi connectivity index (χ2n) is 5.24. The van der Waals surface area contributed by atoms with Gasteiger partial charge in [-0.1, -0.05) is 15.9 Å². The highest BCUT2D eigenvalue weighted by molar-refractivity contribution is 9.10. The molecular weight excluding hydrogens is 342 g/mol. The van der Waals surface area contributed by atoms with E-state index >= 15 is 0 Å². The molecule has 112 valence electrons. The van der Waals surface area contributed by atoms with Crippen LogP contribution in [-0.2, 0) is 16.4 Å². The van der Waals surface area contributed by atoms with Crippen LogP contribution in [0.5, 0.6) is 5.75 Å². The lowest BCUT2D eigenvalue weighted by molar-refractivity contribution is 0.317. The monoisotopic (exact) mass is 361 g/mol. The maximum absolute atomic E-state index is 11.0. The molecule has 0 bridgehead atoms. The summed E-state index contributed by atoms with van der Waals surface area (Å²) >= 11 is 3.53. The van der Waals surface area contributed by atoms with Gasteiger partial charge < -0.3 is 10.1 Å². The smallest absolute Gasteiger partial charge is 0.147 e. The normalized spacial score (nSPS) is 15.3. The van der Waals surface area contributed by atoms with E-state index in [1.165, 1.54) is 19.1 Å². The maximum Gasteiger partial charge on any atom is 0.147 e. The van der Waals surface area contributed by atoms with Crippen molar-refractivity contribution >= 4 is 25.8 Å². The van der Waals surface area contributed by atoms with Crippen LogP contribution in [0, 0.1) is 0 Å². The maximum atomic E-state index is 11.0. The van der Waals surface area contributed by atoms with E-state index in [4.69, 9.17) is 4.74 Å². The van der Waals surface area contributed by atoms with Crippen molar-refractivity contribution in [3.8, 4) is 5.75 Å². The molecule has 0 radical (unpaired) electrons. The molecule has 0 aromatic heterocycles. The second kappa shape index (κ2) is 6.91. The third-order valence-electron chi connectivity index (χ3n) is 3.10. The first-order valence-electron chi connectivity index (χ1n) is 6.76. The molecular formula is C14H20BrNO3S. The van der Waals surface area contributed by atoms with E-state index in [9.17, 15) is 8.42 Å². The van der Waals surface area contributed by atoms with Crippen LogP contribution < -0.4 is 10.1 Å². The van der Waals surface area contributed by atoms with E-state index in [0.29, 0.717) is 19.1 Å². The number of ether oxygens (including phenoxy) is 1. The summed E-state index contributed by atoms with van der Waals surface area (Å²) in [5.41, 5.74) is 1.16. The van der Waals surface area contributed by atoms with Gasteiger partial charge in [0.15, 0.2) is 0 Å². The van der Waals surface area contributed by atoms with Crippen LogP contribution in [-0.4, -0.2) is 33.1 Å². The average molecular weight is 362 g/mol. The largest absolute Gasteiger partial charge is 0.494 e. The van der Waals surface area contributed by atoms with E-state index in [1.807, 2.05) is 18.2 Å². The summed E-state index contributed by atoms with van der Waals surface area (Å²) in [6.45, 7) is 1.25. The zero-order valence-electron chi connectivity index (χ0n) is 11.6. The molecule has 0 heterocycles. The predicted octanol–water partition coefficient (Wildman–Crippen LogP) is 2.51. The third kappa shape index (κ3) is 5.81. The van der Waals surface area contributed by atoms with Crippen molar-refractivity contribution in [3.63, 3.8) is 0 Å². The molecule has 0 spiro atoms. The minimum absolute atomic E-state index is 0.166. The Hall–Kier alpha value is -0.590. The number of rotatable bonds is 8. The molecule has 2 rings (SSSR count). The number of sulfone groups is 1. The molecule has 20 heavy (non-hydrogen) atoms. The second-order valence-corrected chi connectivity index (χ2v) is 8.35. The lowest BCUT2D eigenvalue weighted by atomic mass is 10.2. The Kier molecular flexibility index (Phi) is 5.46. The molecule has 0 amide bonds. The van der Waals surface area contributed by atoms with Crippen molar-refractivity contribution < 1.29 is 13.2 Å². The molecule has 1 N–H and O–H groups in total. The van der Waals surface area contributed by atoms with Gasteiger partial charge in [0, 0.05) is 23.3 Å².